The van der Waals surface area contributed by atoms with E-state index in [2.05, 4.69) is 30.5 Å². The Bertz CT molecular complexity index is 303. The third-order valence-corrected chi connectivity index (χ3v) is 3.88. The van der Waals surface area contributed by atoms with Gasteiger partial charge in [-0.1, -0.05) is 0 Å². The van der Waals surface area contributed by atoms with Gasteiger partial charge in [0.15, 0.2) is 0 Å². The van der Waals surface area contributed by atoms with Gasteiger partial charge in [-0.25, -0.2) is 0 Å². The molecule has 1 aliphatic rings. The smallest absolute Gasteiger partial charge is 0.0729 e. The molecule has 0 radical (unpaired) electrons. The molecule has 0 aromatic carbocycles. The predicted octanol–water partition coefficient (Wildman–Crippen LogP) is 2.77. The number of nitrogens with zero attached hydrogens (tertiary/aromatic N) is 2. The van der Waals surface area contributed by atoms with Crippen LogP contribution < -0.4 is 5.32 Å². The fourth-order valence-electron chi connectivity index (χ4n) is 1.79. The van der Waals surface area contributed by atoms with Gasteiger partial charge in [0, 0.05) is 24.0 Å². The highest BCUT2D eigenvalue weighted by Crippen LogP contribution is 2.21. The molecule has 2 heterocycles. The van der Waals surface area contributed by atoms with Crippen molar-refractivity contribution in [2.75, 3.05) is 16.8 Å². The molecule has 1 aromatic rings. The van der Waals surface area contributed by atoms with Crippen molar-refractivity contribution in [2.45, 2.75) is 38.8 Å². The van der Waals surface area contributed by atoms with Crippen molar-refractivity contribution in [1.82, 2.24) is 9.78 Å². The van der Waals surface area contributed by atoms with Crippen molar-refractivity contribution in [3.63, 3.8) is 0 Å². The molecule has 1 N–H and O–H groups in total. The lowest BCUT2D eigenvalue weighted by atomic mass is 10.2. The summed E-state index contributed by atoms with van der Waals surface area (Å²) in [5.41, 5.74) is 1.16. The Hall–Kier alpha value is -0.640. The van der Waals surface area contributed by atoms with Crippen LogP contribution in [0.25, 0.3) is 0 Å². The van der Waals surface area contributed by atoms with E-state index in [0.717, 1.165) is 5.69 Å². The maximum absolute atomic E-state index is 4.33. The number of anilines is 1. The third kappa shape index (κ3) is 2.91. The maximum atomic E-state index is 4.33. The molecule has 15 heavy (non-hydrogen) atoms. The first-order chi connectivity index (χ1) is 7.25. The average Bonchev–Trinajstić information content (AvgIpc) is 2.68. The van der Waals surface area contributed by atoms with E-state index in [-0.39, 0.29) is 0 Å². The Kier molecular flexibility index (Phi) is 3.57. The second-order valence-corrected chi connectivity index (χ2v) is 5.51. The SMILES string of the molecule is CC(C)n1cc(NC2CCCSC2)cn1. The van der Waals surface area contributed by atoms with Gasteiger partial charge in [0.05, 0.1) is 11.9 Å². The standard InChI is InChI=1S/C11H19N3S/c1-9(2)14-7-11(6-12-14)13-10-4-3-5-15-8-10/h6-7,9-10,13H,3-5,8H2,1-2H3. The van der Waals surface area contributed by atoms with Crippen LogP contribution in [0.15, 0.2) is 12.4 Å². The molecular formula is C11H19N3S. The van der Waals surface area contributed by atoms with E-state index >= 15 is 0 Å². The summed E-state index contributed by atoms with van der Waals surface area (Å²) in [7, 11) is 0. The van der Waals surface area contributed by atoms with E-state index in [1.54, 1.807) is 0 Å². The number of thioether (sulfide) groups is 1. The van der Waals surface area contributed by atoms with E-state index in [1.165, 1.54) is 24.3 Å². The Morgan fingerprint density at radius 1 is 1.60 bits per heavy atom. The molecule has 1 fully saturated rings. The zero-order valence-electron chi connectivity index (χ0n) is 9.44. The van der Waals surface area contributed by atoms with Crippen LogP contribution in [-0.4, -0.2) is 27.3 Å². The van der Waals surface area contributed by atoms with Crippen molar-refractivity contribution in [1.29, 1.82) is 0 Å². The lowest BCUT2D eigenvalue weighted by molar-refractivity contribution is 0.532. The number of hydrogen-bond donors (Lipinski definition) is 1. The van der Waals surface area contributed by atoms with Gasteiger partial charge in [-0.05, 0) is 32.4 Å². The van der Waals surface area contributed by atoms with E-state index in [9.17, 15) is 0 Å². The van der Waals surface area contributed by atoms with Gasteiger partial charge in [-0.15, -0.1) is 0 Å². The highest BCUT2D eigenvalue weighted by Gasteiger charge is 2.14. The van der Waals surface area contributed by atoms with Crippen LogP contribution in [-0.2, 0) is 0 Å². The maximum Gasteiger partial charge on any atom is 0.0729 e. The number of aromatic nitrogens is 2. The Balaban J connectivity index is 1.91. The lowest BCUT2D eigenvalue weighted by Crippen LogP contribution is -2.25. The fourth-order valence-corrected chi connectivity index (χ4v) is 2.86. The van der Waals surface area contributed by atoms with Crippen LogP contribution in [0.2, 0.25) is 0 Å². The molecule has 0 saturated carbocycles. The van der Waals surface area contributed by atoms with Gasteiger partial charge in [0.2, 0.25) is 0 Å². The third-order valence-electron chi connectivity index (χ3n) is 2.66. The van der Waals surface area contributed by atoms with E-state index in [1.807, 2.05) is 22.6 Å². The molecule has 84 valence electrons. The van der Waals surface area contributed by atoms with Gasteiger partial charge >= 0.3 is 0 Å². The Labute approximate surface area is 95.6 Å². The van der Waals surface area contributed by atoms with Crippen LogP contribution in [0.4, 0.5) is 5.69 Å². The first-order valence-electron chi connectivity index (χ1n) is 5.64. The van der Waals surface area contributed by atoms with Crippen LogP contribution in [0.3, 0.4) is 0 Å². The van der Waals surface area contributed by atoms with Crippen LogP contribution in [0, 0.1) is 0 Å². The quantitative estimate of drug-likeness (QED) is 0.858. The van der Waals surface area contributed by atoms with E-state index < -0.39 is 0 Å². The summed E-state index contributed by atoms with van der Waals surface area (Å²) in [5.74, 6) is 2.55. The fraction of sp³-hybridized carbons (Fsp3) is 0.727. The highest BCUT2D eigenvalue weighted by atomic mass is 32.2. The molecule has 1 unspecified atom stereocenters. The van der Waals surface area contributed by atoms with Gasteiger partial charge in [0.1, 0.15) is 0 Å². The van der Waals surface area contributed by atoms with Crippen LogP contribution >= 0.6 is 11.8 Å². The molecule has 1 aromatic heterocycles. The van der Waals surface area contributed by atoms with Crippen molar-refractivity contribution < 1.29 is 0 Å². The van der Waals surface area contributed by atoms with E-state index in [0.29, 0.717) is 12.1 Å². The first kappa shape index (κ1) is 10.9. The van der Waals surface area contributed by atoms with Gasteiger partial charge in [-0.3, -0.25) is 4.68 Å². The minimum Gasteiger partial charge on any atom is -0.379 e. The van der Waals surface area contributed by atoms with Gasteiger partial charge < -0.3 is 5.32 Å². The molecule has 1 saturated heterocycles. The second-order valence-electron chi connectivity index (χ2n) is 4.36. The van der Waals surface area contributed by atoms with Crippen molar-refractivity contribution >= 4 is 17.4 Å². The summed E-state index contributed by atoms with van der Waals surface area (Å²) in [5, 5.41) is 7.88. The summed E-state index contributed by atoms with van der Waals surface area (Å²) in [6, 6.07) is 1.08. The van der Waals surface area contributed by atoms with Gasteiger partial charge in [0.25, 0.3) is 0 Å². The molecule has 1 atom stereocenters. The zero-order valence-corrected chi connectivity index (χ0v) is 10.3. The summed E-state index contributed by atoms with van der Waals surface area (Å²) in [6.07, 6.45) is 6.66. The molecule has 1 aliphatic heterocycles. The Morgan fingerprint density at radius 3 is 3.07 bits per heavy atom. The summed E-state index contributed by atoms with van der Waals surface area (Å²) in [6.45, 7) is 4.29. The first-order valence-corrected chi connectivity index (χ1v) is 6.79. The molecule has 4 heteroatoms. The predicted molar refractivity (Wildman–Crippen MR) is 66.6 cm³/mol. The monoisotopic (exact) mass is 225 g/mol. The average molecular weight is 225 g/mol. The highest BCUT2D eigenvalue weighted by molar-refractivity contribution is 7.99. The Morgan fingerprint density at radius 2 is 2.47 bits per heavy atom. The summed E-state index contributed by atoms with van der Waals surface area (Å²) in [4.78, 5) is 0. The largest absolute Gasteiger partial charge is 0.379 e. The van der Waals surface area contributed by atoms with Crippen LogP contribution in [0.5, 0.6) is 0 Å². The zero-order chi connectivity index (χ0) is 10.7. The van der Waals surface area contributed by atoms with Gasteiger partial charge in [-0.2, -0.15) is 16.9 Å². The molecule has 0 aliphatic carbocycles. The minimum atomic E-state index is 0.446. The lowest BCUT2D eigenvalue weighted by Gasteiger charge is -2.22. The summed E-state index contributed by atoms with van der Waals surface area (Å²) >= 11 is 2.05. The second kappa shape index (κ2) is 4.92. The number of rotatable bonds is 3. The molecule has 0 spiro atoms. The molecule has 2 rings (SSSR count). The number of nitrogens with one attached hydrogen (secondary N) is 1. The molecular weight excluding hydrogens is 206 g/mol. The van der Waals surface area contributed by atoms with Crippen molar-refractivity contribution in [3.8, 4) is 0 Å². The van der Waals surface area contributed by atoms with Crippen LogP contribution in [0.1, 0.15) is 32.7 Å². The normalized spacial score (nSPS) is 21.9. The summed E-state index contributed by atoms with van der Waals surface area (Å²) < 4.78 is 2.00. The number of hydrogen-bond acceptors (Lipinski definition) is 3. The molecule has 0 bridgehead atoms. The van der Waals surface area contributed by atoms with E-state index in [4.69, 9.17) is 0 Å². The molecule has 3 nitrogen and oxygen atoms in total. The molecule has 0 amide bonds. The topological polar surface area (TPSA) is 29.9 Å². The van der Waals surface area contributed by atoms with Crippen molar-refractivity contribution in [3.05, 3.63) is 12.4 Å². The van der Waals surface area contributed by atoms with Crippen molar-refractivity contribution in [2.24, 2.45) is 0 Å². The minimum absolute atomic E-state index is 0.446.